The number of benzene rings is 1. The number of carbonyl (C=O) groups excluding carboxylic acids is 1. The molecule has 1 aromatic carbocycles. The number of nitrogens with zero attached hydrogens (tertiary/aromatic N) is 2. The second kappa shape index (κ2) is 11.6. The van der Waals surface area contributed by atoms with Gasteiger partial charge in [0.1, 0.15) is 0 Å². The smallest absolute Gasteiger partial charge is 0.230 e. The van der Waals surface area contributed by atoms with Crippen LogP contribution < -0.4 is 10.6 Å². The van der Waals surface area contributed by atoms with Crippen LogP contribution in [0.4, 0.5) is 5.13 Å². The van der Waals surface area contributed by atoms with E-state index in [2.05, 4.69) is 33.0 Å². The highest BCUT2D eigenvalue weighted by Crippen LogP contribution is 2.25. The Labute approximate surface area is 174 Å². The average Bonchev–Trinajstić information content (AvgIpc) is 3.29. The van der Waals surface area contributed by atoms with Crippen molar-refractivity contribution in [1.82, 2.24) is 15.5 Å². The lowest BCUT2D eigenvalue weighted by Crippen LogP contribution is -2.14. The molecule has 1 unspecified atom stereocenters. The summed E-state index contributed by atoms with van der Waals surface area (Å²) in [5.74, 6) is 1.49. The molecule has 1 atom stereocenters. The van der Waals surface area contributed by atoms with Crippen LogP contribution in [0.1, 0.15) is 17.5 Å². The van der Waals surface area contributed by atoms with E-state index in [0.29, 0.717) is 18.2 Å². The third-order valence-electron chi connectivity index (χ3n) is 4.24. The van der Waals surface area contributed by atoms with Crippen molar-refractivity contribution in [2.75, 3.05) is 37.9 Å². The van der Waals surface area contributed by atoms with Crippen molar-refractivity contribution >= 4 is 46.5 Å². The Bertz CT molecular complexity index is 706. The summed E-state index contributed by atoms with van der Waals surface area (Å²) < 4.78 is 5.85. The van der Waals surface area contributed by atoms with Gasteiger partial charge in [-0.3, -0.25) is 4.79 Å². The summed E-state index contributed by atoms with van der Waals surface area (Å²) >= 11 is 2.97. The maximum atomic E-state index is 12.2. The molecule has 0 radical (unpaired) electrons. The molecule has 1 amide bonds. The number of nitrogens with one attached hydrogen (secondary N) is 2. The van der Waals surface area contributed by atoms with Gasteiger partial charge >= 0.3 is 0 Å². The van der Waals surface area contributed by atoms with Gasteiger partial charge in [-0.15, -0.1) is 22.6 Å². The summed E-state index contributed by atoms with van der Waals surface area (Å²) in [7, 11) is 1.67. The first-order valence-electron chi connectivity index (χ1n) is 8.76. The summed E-state index contributed by atoms with van der Waals surface area (Å²) in [5, 5.41) is 14.8. The molecule has 27 heavy (non-hydrogen) atoms. The number of hydrogen-bond acceptors (Lipinski definition) is 7. The molecular weight excluding hydrogens is 404 g/mol. The highest BCUT2D eigenvalue weighted by molar-refractivity contribution is 8.01. The fourth-order valence-electron chi connectivity index (χ4n) is 2.89. The van der Waals surface area contributed by atoms with Crippen molar-refractivity contribution in [2.24, 2.45) is 5.92 Å². The first-order chi connectivity index (χ1) is 12.7. The van der Waals surface area contributed by atoms with Gasteiger partial charge in [0.25, 0.3) is 0 Å². The van der Waals surface area contributed by atoms with E-state index in [1.54, 1.807) is 18.9 Å². The summed E-state index contributed by atoms with van der Waals surface area (Å²) in [6.45, 7) is 2.90. The van der Waals surface area contributed by atoms with Gasteiger partial charge in [-0.05, 0) is 43.0 Å². The van der Waals surface area contributed by atoms with E-state index in [-0.39, 0.29) is 18.3 Å². The summed E-state index contributed by atoms with van der Waals surface area (Å²) in [6, 6.07) is 8.36. The van der Waals surface area contributed by atoms with E-state index in [4.69, 9.17) is 4.74 Å². The second-order valence-corrected chi connectivity index (χ2v) is 8.64. The molecule has 2 N–H and O–H groups in total. The van der Waals surface area contributed by atoms with E-state index >= 15 is 0 Å². The highest BCUT2D eigenvalue weighted by Gasteiger charge is 2.15. The van der Waals surface area contributed by atoms with Crippen molar-refractivity contribution in [2.45, 2.75) is 23.6 Å². The lowest BCUT2D eigenvalue weighted by molar-refractivity contribution is -0.115. The quantitative estimate of drug-likeness (QED) is 0.363. The minimum atomic E-state index is -0.0673. The predicted octanol–water partition coefficient (Wildman–Crippen LogP) is 3.03. The fourth-order valence-corrected chi connectivity index (χ4v) is 4.63. The molecule has 2 heterocycles. The lowest BCUT2D eigenvalue weighted by atomic mass is 9.97. The zero-order valence-corrected chi connectivity index (χ0v) is 17.7. The number of carbonyl (C=O) groups is 1. The van der Waals surface area contributed by atoms with Crippen molar-refractivity contribution in [3.05, 3.63) is 35.4 Å². The zero-order valence-electron chi connectivity index (χ0n) is 15.3. The topological polar surface area (TPSA) is 76.1 Å². The van der Waals surface area contributed by atoms with Crippen molar-refractivity contribution in [1.29, 1.82) is 0 Å². The third kappa shape index (κ3) is 7.38. The zero-order chi connectivity index (χ0) is 18.2. The molecule has 1 saturated heterocycles. The summed E-state index contributed by atoms with van der Waals surface area (Å²) in [5.41, 5.74) is 2.35. The van der Waals surface area contributed by atoms with Crippen LogP contribution in [0, 0.1) is 5.92 Å². The van der Waals surface area contributed by atoms with E-state index in [1.165, 1.54) is 23.3 Å². The molecule has 2 aromatic rings. The maximum Gasteiger partial charge on any atom is 0.230 e. The first kappa shape index (κ1) is 22.1. The van der Waals surface area contributed by atoms with Crippen molar-refractivity contribution in [3.8, 4) is 0 Å². The van der Waals surface area contributed by atoms with Crippen LogP contribution in [0.15, 0.2) is 28.6 Å². The van der Waals surface area contributed by atoms with E-state index in [9.17, 15) is 4.79 Å². The monoisotopic (exact) mass is 428 g/mol. The largest absolute Gasteiger partial charge is 0.384 e. The molecule has 0 saturated carbocycles. The van der Waals surface area contributed by atoms with Gasteiger partial charge in [0.15, 0.2) is 4.34 Å². The molecule has 9 heteroatoms. The number of aromatic nitrogens is 2. The van der Waals surface area contributed by atoms with Crippen LogP contribution in [-0.4, -0.2) is 48.7 Å². The Kier molecular flexibility index (Phi) is 9.50. The number of amides is 1. The van der Waals surface area contributed by atoms with Crippen LogP contribution in [0.25, 0.3) is 0 Å². The summed E-state index contributed by atoms with van der Waals surface area (Å²) in [6.07, 6.45) is 2.70. The molecule has 0 spiro atoms. The number of halogens is 1. The van der Waals surface area contributed by atoms with Gasteiger partial charge in [-0.2, -0.15) is 0 Å². The molecule has 1 aliphatic rings. The van der Waals surface area contributed by atoms with Crippen LogP contribution in [0.2, 0.25) is 0 Å². The Morgan fingerprint density at radius 3 is 2.81 bits per heavy atom. The number of ether oxygens (including phenoxy) is 1. The van der Waals surface area contributed by atoms with Gasteiger partial charge in [-0.25, -0.2) is 0 Å². The third-order valence-corrected chi connectivity index (χ3v) is 6.18. The molecule has 6 nitrogen and oxygen atoms in total. The number of thioether (sulfide) groups is 1. The standard InChI is InChI=1S/C18H24N4O2S2.ClH/c1-24-8-9-25-18-22-21-17(26-18)20-16(23)11-14-4-2-13(3-5-14)10-15-6-7-19-12-15;/h2-5,15,19H,6-12H2,1H3,(H,20,21,23);1H. The maximum absolute atomic E-state index is 12.2. The molecule has 148 valence electrons. The van der Waals surface area contributed by atoms with Gasteiger partial charge in [-0.1, -0.05) is 47.4 Å². The first-order valence-corrected chi connectivity index (χ1v) is 10.6. The summed E-state index contributed by atoms with van der Waals surface area (Å²) in [4.78, 5) is 12.2. The molecule has 0 aliphatic carbocycles. The number of anilines is 1. The van der Waals surface area contributed by atoms with Gasteiger partial charge in [0.05, 0.1) is 13.0 Å². The minimum Gasteiger partial charge on any atom is -0.384 e. The van der Waals surface area contributed by atoms with Gasteiger partial charge in [0, 0.05) is 12.9 Å². The second-order valence-electron chi connectivity index (χ2n) is 6.32. The minimum absolute atomic E-state index is 0. The molecule has 3 rings (SSSR count). The van der Waals surface area contributed by atoms with E-state index < -0.39 is 0 Å². The highest BCUT2D eigenvalue weighted by atomic mass is 35.5. The lowest BCUT2D eigenvalue weighted by Gasteiger charge is -2.09. The van der Waals surface area contributed by atoms with Crippen LogP contribution in [0.3, 0.4) is 0 Å². The van der Waals surface area contributed by atoms with Gasteiger partial charge < -0.3 is 15.4 Å². The fraction of sp³-hybridized carbons (Fsp3) is 0.500. The van der Waals surface area contributed by atoms with E-state index in [0.717, 1.165) is 41.1 Å². The normalized spacial score (nSPS) is 16.1. The predicted molar refractivity (Wildman–Crippen MR) is 113 cm³/mol. The van der Waals surface area contributed by atoms with Gasteiger partial charge in [0.2, 0.25) is 11.0 Å². The Hall–Kier alpha value is -1.19. The van der Waals surface area contributed by atoms with Crippen molar-refractivity contribution in [3.63, 3.8) is 0 Å². The molecule has 0 bridgehead atoms. The van der Waals surface area contributed by atoms with Crippen LogP contribution in [0.5, 0.6) is 0 Å². The average molecular weight is 429 g/mol. The number of hydrogen-bond donors (Lipinski definition) is 2. The Balaban J connectivity index is 0.00000261. The SMILES string of the molecule is COCCSc1nnc(NC(=O)Cc2ccc(CC3CCNC3)cc2)s1.Cl. The molecule has 1 fully saturated rings. The number of rotatable bonds is 9. The Morgan fingerprint density at radius 1 is 1.33 bits per heavy atom. The molecule has 1 aliphatic heterocycles. The van der Waals surface area contributed by atoms with E-state index in [1.807, 2.05) is 12.1 Å². The molecular formula is C18H25ClN4O2S2. The number of methoxy groups -OCH3 is 1. The van der Waals surface area contributed by atoms with Crippen LogP contribution in [-0.2, 0) is 22.4 Å². The molecule has 1 aromatic heterocycles. The Morgan fingerprint density at radius 2 is 2.11 bits per heavy atom. The van der Waals surface area contributed by atoms with Crippen LogP contribution >= 0.6 is 35.5 Å². The van der Waals surface area contributed by atoms with Crippen molar-refractivity contribution < 1.29 is 9.53 Å².